The molecule has 1 amide bonds. The van der Waals surface area contributed by atoms with Crippen molar-refractivity contribution in [2.24, 2.45) is 0 Å². The predicted octanol–water partition coefficient (Wildman–Crippen LogP) is 2.45. The molecule has 1 saturated heterocycles. The average molecular weight is 327 g/mol. The second-order valence-corrected chi connectivity index (χ2v) is 5.58. The third-order valence-electron chi connectivity index (χ3n) is 3.85. The molecule has 1 aromatic heterocycles. The highest BCUT2D eigenvalue weighted by molar-refractivity contribution is 5.98. The standard InChI is InChI=1S/C15H16F3N3O2/c1-20-4-6-21(7-5-20)14(22)13-8-10-2-3-11(9-12(10)19-13)23-15(16,17)18/h2-3,8-9,19H,4-7H2,1H3. The number of halogens is 3. The van der Waals surface area contributed by atoms with Crippen LogP contribution in [0.4, 0.5) is 13.2 Å². The van der Waals surface area contributed by atoms with E-state index >= 15 is 0 Å². The number of alkyl halides is 3. The number of hydrogen-bond acceptors (Lipinski definition) is 3. The van der Waals surface area contributed by atoms with Gasteiger partial charge in [-0.1, -0.05) is 0 Å². The number of amides is 1. The summed E-state index contributed by atoms with van der Waals surface area (Å²) >= 11 is 0. The first kappa shape index (κ1) is 15.7. The molecule has 1 aliphatic heterocycles. The summed E-state index contributed by atoms with van der Waals surface area (Å²) in [4.78, 5) is 19.2. The van der Waals surface area contributed by atoms with Gasteiger partial charge in [-0.25, -0.2) is 0 Å². The average Bonchev–Trinajstić information content (AvgIpc) is 2.88. The number of benzene rings is 1. The Morgan fingerprint density at radius 3 is 2.52 bits per heavy atom. The van der Waals surface area contributed by atoms with Crippen LogP contribution >= 0.6 is 0 Å². The lowest BCUT2D eigenvalue weighted by molar-refractivity contribution is -0.274. The van der Waals surface area contributed by atoms with Crippen LogP contribution in [-0.4, -0.2) is 60.3 Å². The summed E-state index contributed by atoms with van der Waals surface area (Å²) in [7, 11) is 1.99. The fourth-order valence-electron chi connectivity index (χ4n) is 2.60. The van der Waals surface area contributed by atoms with Crippen molar-refractivity contribution in [3.05, 3.63) is 30.0 Å². The second kappa shape index (κ2) is 5.77. The van der Waals surface area contributed by atoms with E-state index in [0.717, 1.165) is 13.1 Å². The fourth-order valence-corrected chi connectivity index (χ4v) is 2.60. The molecule has 0 atom stereocenters. The molecule has 2 heterocycles. The minimum atomic E-state index is -4.74. The maximum Gasteiger partial charge on any atom is 0.573 e. The van der Waals surface area contributed by atoms with Crippen LogP contribution in [0.3, 0.4) is 0 Å². The minimum absolute atomic E-state index is 0.146. The van der Waals surface area contributed by atoms with Crippen LogP contribution in [-0.2, 0) is 0 Å². The summed E-state index contributed by atoms with van der Waals surface area (Å²) in [6, 6.07) is 5.61. The zero-order chi connectivity index (χ0) is 16.6. The van der Waals surface area contributed by atoms with Crippen molar-refractivity contribution < 1.29 is 22.7 Å². The Kier molecular flexibility index (Phi) is 3.93. The first-order valence-corrected chi connectivity index (χ1v) is 7.18. The molecule has 3 rings (SSSR count). The predicted molar refractivity (Wildman–Crippen MR) is 78.4 cm³/mol. The summed E-state index contributed by atoms with van der Waals surface area (Å²) in [6.45, 7) is 2.87. The summed E-state index contributed by atoms with van der Waals surface area (Å²) in [5.74, 6) is -0.460. The number of likely N-dealkylation sites (N-methyl/N-ethyl adjacent to an activating group) is 1. The van der Waals surface area contributed by atoms with Crippen LogP contribution in [0, 0.1) is 0 Å². The lowest BCUT2D eigenvalue weighted by atomic mass is 10.2. The minimum Gasteiger partial charge on any atom is -0.406 e. The number of carbonyl (C=O) groups is 1. The summed E-state index contributed by atoms with van der Waals surface area (Å²) in [5, 5.41) is 0.664. The molecule has 1 fully saturated rings. The smallest absolute Gasteiger partial charge is 0.406 e. The molecular weight excluding hydrogens is 311 g/mol. The highest BCUT2D eigenvalue weighted by atomic mass is 19.4. The number of piperazine rings is 1. The van der Waals surface area contributed by atoms with Crippen molar-refractivity contribution in [2.45, 2.75) is 6.36 Å². The van der Waals surface area contributed by atoms with Crippen LogP contribution in [0.5, 0.6) is 5.75 Å². The van der Waals surface area contributed by atoms with Gasteiger partial charge >= 0.3 is 6.36 Å². The van der Waals surface area contributed by atoms with Crippen molar-refractivity contribution in [3.63, 3.8) is 0 Å². The fraction of sp³-hybridized carbons (Fsp3) is 0.400. The maximum absolute atomic E-state index is 12.5. The number of rotatable bonds is 2. The number of nitrogens with zero attached hydrogens (tertiary/aromatic N) is 2. The van der Waals surface area contributed by atoms with Gasteiger partial charge < -0.3 is 19.5 Å². The summed E-state index contributed by atoms with van der Waals surface area (Å²) in [5.41, 5.74) is 0.804. The number of fused-ring (bicyclic) bond motifs is 1. The normalized spacial score (nSPS) is 16.8. The lowest BCUT2D eigenvalue weighted by Crippen LogP contribution is -2.47. The van der Waals surface area contributed by atoms with Crippen LogP contribution in [0.15, 0.2) is 24.3 Å². The highest BCUT2D eigenvalue weighted by Gasteiger charge is 2.31. The Morgan fingerprint density at radius 1 is 1.17 bits per heavy atom. The van der Waals surface area contributed by atoms with Crippen molar-refractivity contribution in [3.8, 4) is 5.75 Å². The van der Waals surface area contributed by atoms with E-state index in [1.807, 2.05) is 7.05 Å². The molecule has 23 heavy (non-hydrogen) atoms. The molecule has 124 valence electrons. The number of ether oxygens (including phenoxy) is 1. The topological polar surface area (TPSA) is 48.6 Å². The molecule has 5 nitrogen and oxygen atoms in total. The molecule has 0 spiro atoms. The van der Waals surface area contributed by atoms with Gasteiger partial charge in [0, 0.05) is 43.1 Å². The molecule has 0 aliphatic carbocycles. The number of carbonyl (C=O) groups excluding carboxylic acids is 1. The molecule has 1 N–H and O–H groups in total. The van der Waals surface area contributed by atoms with Crippen LogP contribution in [0.2, 0.25) is 0 Å². The summed E-state index contributed by atoms with van der Waals surface area (Å²) < 4.78 is 40.6. The van der Waals surface area contributed by atoms with Crippen LogP contribution in [0.1, 0.15) is 10.5 Å². The van der Waals surface area contributed by atoms with E-state index in [1.54, 1.807) is 11.0 Å². The van der Waals surface area contributed by atoms with Crippen molar-refractivity contribution in [1.29, 1.82) is 0 Å². The lowest BCUT2D eigenvalue weighted by Gasteiger charge is -2.32. The Balaban J connectivity index is 1.81. The molecule has 0 radical (unpaired) electrons. The van der Waals surface area contributed by atoms with E-state index in [2.05, 4.69) is 14.6 Å². The molecule has 0 saturated carbocycles. The van der Waals surface area contributed by atoms with Gasteiger partial charge in [-0.2, -0.15) is 0 Å². The van der Waals surface area contributed by atoms with Gasteiger partial charge in [0.2, 0.25) is 0 Å². The monoisotopic (exact) mass is 327 g/mol. The van der Waals surface area contributed by atoms with Crippen molar-refractivity contribution in [1.82, 2.24) is 14.8 Å². The number of nitrogens with one attached hydrogen (secondary N) is 1. The molecular formula is C15H16F3N3O2. The Morgan fingerprint density at radius 2 is 1.87 bits per heavy atom. The Bertz CT molecular complexity index is 718. The molecule has 1 aromatic carbocycles. The van der Waals surface area contributed by atoms with Gasteiger partial charge in [-0.05, 0) is 25.2 Å². The third kappa shape index (κ3) is 3.58. The highest BCUT2D eigenvalue weighted by Crippen LogP contribution is 2.27. The number of aromatic nitrogens is 1. The van der Waals surface area contributed by atoms with E-state index in [4.69, 9.17) is 0 Å². The van der Waals surface area contributed by atoms with Crippen LogP contribution < -0.4 is 4.74 Å². The third-order valence-corrected chi connectivity index (χ3v) is 3.85. The SMILES string of the molecule is CN1CCN(C(=O)c2cc3ccc(OC(F)(F)F)cc3[nH]2)CC1. The largest absolute Gasteiger partial charge is 0.573 e. The number of aromatic amines is 1. The van der Waals surface area contributed by atoms with Gasteiger partial charge in [-0.15, -0.1) is 13.2 Å². The van der Waals surface area contributed by atoms with Crippen LogP contribution in [0.25, 0.3) is 10.9 Å². The first-order chi connectivity index (χ1) is 10.8. The van der Waals surface area contributed by atoms with E-state index < -0.39 is 6.36 Å². The van der Waals surface area contributed by atoms with Gasteiger partial charge in [0.1, 0.15) is 11.4 Å². The molecule has 0 bridgehead atoms. The Hall–Kier alpha value is -2.22. The van der Waals surface area contributed by atoms with Crippen molar-refractivity contribution in [2.75, 3.05) is 33.2 Å². The van der Waals surface area contributed by atoms with Gasteiger partial charge in [0.05, 0.1) is 0 Å². The summed E-state index contributed by atoms with van der Waals surface area (Å²) in [6.07, 6.45) is -4.74. The zero-order valence-electron chi connectivity index (χ0n) is 12.5. The van der Waals surface area contributed by atoms with Crippen molar-refractivity contribution >= 4 is 16.8 Å². The van der Waals surface area contributed by atoms with Gasteiger partial charge in [0.15, 0.2) is 0 Å². The number of H-pyrrole nitrogens is 1. The zero-order valence-corrected chi connectivity index (χ0v) is 12.5. The molecule has 1 aliphatic rings. The quantitative estimate of drug-likeness (QED) is 0.922. The number of hydrogen-bond donors (Lipinski definition) is 1. The van der Waals surface area contributed by atoms with Gasteiger partial charge in [-0.3, -0.25) is 4.79 Å². The van der Waals surface area contributed by atoms with E-state index in [1.165, 1.54) is 18.2 Å². The Labute approximate surface area is 130 Å². The maximum atomic E-state index is 12.5. The van der Waals surface area contributed by atoms with E-state index in [0.29, 0.717) is 29.7 Å². The molecule has 2 aromatic rings. The van der Waals surface area contributed by atoms with E-state index in [-0.39, 0.29) is 11.7 Å². The first-order valence-electron chi connectivity index (χ1n) is 7.18. The molecule has 8 heteroatoms. The molecule has 0 unspecified atom stereocenters. The second-order valence-electron chi connectivity index (χ2n) is 5.58. The van der Waals surface area contributed by atoms with E-state index in [9.17, 15) is 18.0 Å². The van der Waals surface area contributed by atoms with Gasteiger partial charge in [0.25, 0.3) is 5.91 Å².